The van der Waals surface area contributed by atoms with Crippen molar-refractivity contribution >= 4 is 10.0 Å². The summed E-state index contributed by atoms with van der Waals surface area (Å²) in [5.41, 5.74) is 0.319. The first-order valence-electron chi connectivity index (χ1n) is 4.53. The lowest BCUT2D eigenvalue weighted by atomic mass is 10.4. The number of nitriles is 1. The van der Waals surface area contributed by atoms with E-state index in [1.54, 1.807) is 18.2 Å². The Hall–Kier alpha value is -2.06. The first-order valence-corrected chi connectivity index (χ1v) is 5.97. The number of rotatable bonds is 2. The van der Waals surface area contributed by atoms with E-state index in [1.807, 2.05) is 6.07 Å². The average molecular weight is 232 g/mol. The first-order chi connectivity index (χ1) is 7.64. The second-order valence-corrected chi connectivity index (χ2v) is 5.00. The molecule has 1 aromatic carbocycles. The maximum absolute atomic E-state index is 12.0. The second kappa shape index (κ2) is 3.83. The van der Waals surface area contributed by atoms with E-state index >= 15 is 0 Å². The fourth-order valence-electron chi connectivity index (χ4n) is 1.31. The van der Waals surface area contributed by atoms with Crippen molar-refractivity contribution in [1.29, 1.82) is 5.26 Å². The fourth-order valence-corrected chi connectivity index (χ4v) is 2.52. The van der Waals surface area contributed by atoms with Crippen LogP contribution < -0.4 is 0 Å². The molecule has 2 rings (SSSR count). The van der Waals surface area contributed by atoms with E-state index in [2.05, 4.69) is 0 Å². The van der Waals surface area contributed by atoms with Gasteiger partial charge in [0, 0.05) is 12.4 Å². The molecule has 0 fully saturated rings. The Morgan fingerprint density at radius 1 is 1.12 bits per heavy atom. The third kappa shape index (κ3) is 1.71. The molecule has 0 amide bonds. The molecule has 0 unspecified atom stereocenters. The van der Waals surface area contributed by atoms with Crippen LogP contribution in [0.25, 0.3) is 0 Å². The Morgan fingerprint density at radius 3 is 2.38 bits per heavy atom. The zero-order chi connectivity index (χ0) is 11.6. The minimum absolute atomic E-state index is 0.204. The minimum Gasteiger partial charge on any atom is -0.248 e. The van der Waals surface area contributed by atoms with E-state index < -0.39 is 10.0 Å². The van der Waals surface area contributed by atoms with Gasteiger partial charge in [0.05, 0.1) is 10.5 Å². The largest absolute Gasteiger partial charge is 0.267 e. The van der Waals surface area contributed by atoms with Gasteiger partial charge in [-0.2, -0.15) is 5.26 Å². The molecule has 0 bridgehead atoms. The highest BCUT2D eigenvalue weighted by molar-refractivity contribution is 7.90. The lowest BCUT2D eigenvalue weighted by molar-refractivity contribution is 0.587. The van der Waals surface area contributed by atoms with Gasteiger partial charge in [-0.1, -0.05) is 18.2 Å². The summed E-state index contributed by atoms with van der Waals surface area (Å²) in [6, 6.07) is 11.4. The van der Waals surface area contributed by atoms with Gasteiger partial charge in [-0.15, -0.1) is 0 Å². The standard InChI is InChI=1S/C11H8N2O2S/c12-8-10-6-7-13(9-10)16(14,15)11-4-2-1-3-5-11/h1-7,9H. The van der Waals surface area contributed by atoms with Gasteiger partial charge >= 0.3 is 0 Å². The van der Waals surface area contributed by atoms with Crippen LogP contribution in [-0.2, 0) is 10.0 Å². The lowest BCUT2D eigenvalue weighted by Gasteiger charge is -2.04. The molecule has 5 heteroatoms. The van der Waals surface area contributed by atoms with Crippen molar-refractivity contribution in [3.63, 3.8) is 0 Å². The molecule has 0 aliphatic heterocycles. The van der Waals surface area contributed by atoms with Crippen LogP contribution in [0.5, 0.6) is 0 Å². The van der Waals surface area contributed by atoms with Crippen LogP contribution in [0.3, 0.4) is 0 Å². The molecular weight excluding hydrogens is 224 g/mol. The van der Waals surface area contributed by atoms with Gasteiger partial charge in [0.25, 0.3) is 10.0 Å². The molecule has 0 spiro atoms. The molecule has 1 heterocycles. The van der Waals surface area contributed by atoms with Crippen molar-refractivity contribution in [2.45, 2.75) is 4.90 Å². The molecule has 0 saturated carbocycles. The number of nitrogens with zero attached hydrogens (tertiary/aromatic N) is 2. The highest BCUT2D eigenvalue weighted by atomic mass is 32.2. The van der Waals surface area contributed by atoms with E-state index in [4.69, 9.17) is 5.26 Å². The van der Waals surface area contributed by atoms with Gasteiger partial charge in [0.15, 0.2) is 0 Å². The molecule has 1 aromatic heterocycles. The summed E-state index contributed by atoms with van der Waals surface area (Å²) in [7, 11) is -3.56. The normalized spacial score (nSPS) is 10.9. The van der Waals surface area contributed by atoms with Crippen LogP contribution in [-0.4, -0.2) is 12.4 Å². The summed E-state index contributed by atoms with van der Waals surface area (Å²) in [5, 5.41) is 8.63. The van der Waals surface area contributed by atoms with E-state index in [0.717, 1.165) is 3.97 Å². The molecule has 80 valence electrons. The number of hydrogen-bond donors (Lipinski definition) is 0. The van der Waals surface area contributed by atoms with Crippen molar-refractivity contribution in [3.05, 3.63) is 54.4 Å². The monoisotopic (exact) mass is 232 g/mol. The van der Waals surface area contributed by atoms with Crippen LogP contribution >= 0.6 is 0 Å². The quantitative estimate of drug-likeness (QED) is 0.790. The molecule has 0 aliphatic carbocycles. The maximum atomic E-state index is 12.0. The Bertz CT molecular complexity index is 636. The van der Waals surface area contributed by atoms with Crippen molar-refractivity contribution in [2.24, 2.45) is 0 Å². The summed E-state index contributed by atoms with van der Waals surface area (Å²) in [5.74, 6) is 0. The maximum Gasteiger partial charge on any atom is 0.267 e. The molecule has 16 heavy (non-hydrogen) atoms. The SMILES string of the molecule is N#Cc1ccn(S(=O)(=O)c2ccccc2)c1. The average Bonchev–Trinajstić information content (AvgIpc) is 2.79. The predicted molar refractivity (Wildman–Crippen MR) is 58.2 cm³/mol. The van der Waals surface area contributed by atoms with Crippen molar-refractivity contribution < 1.29 is 8.42 Å². The minimum atomic E-state index is -3.56. The number of hydrogen-bond acceptors (Lipinski definition) is 3. The highest BCUT2D eigenvalue weighted by Gasteiger charge is 2.15. The smallest absolute Gasteiger partial charge is 0.248 e. The predicted octanol–water partition coefficient (Wildman–Crippen LogP) is 1.60. The lowest BCUT2D eigenvalue weighted by Crippen LogP contribution is -2.10. The van der Waals surface area contributed by atoms with E-state index in [0.29, 0.717) is 5.56 Å². The third-order valence-electron chi connectivity index (χ3n) is 2.12. The summed E-state index contributed by atoms with van der Waals surface area (Å²) in [6.45, 7) is 0. The third-order valence-corrected chi connectivity index (χ3v) is 3.77. The van der Waals surface area contributed by atoms with Gasteiger partial charge < -0.3 is 0 Å². The molecule has 0 atom stereocenters. The van der Waals surface area contributed by atoms with E-state index in [9.17, 15) is 8.42 Å². The van der Waals surface area contributed by atoms with Crippen LogP contribution in [0.4, 0.5) is 0 Å². The van der Waals surface area contributed by atoms with Gasteiger partial charge in [0.1, 0.15) is 6.07 Å². The Kier molecular flexibility index (Phi) is 2.50. The molecule has 0 radical (unpaired) electrons. The van der Waals surface area contributed by atoms with Gasteiger partial charge in [-0.25, -0.2) is 12.4 Å². The van der Waals surface area contributed by atoms with Crippen molar-refractivity contribution in [3.8, 4) is 6.07 Å². The summed E-state index contributed by atoms with van der Waals surface area (Å²) in [4.78, 5) is 0.204. The van der Waals surface area contributed by atoms with Crippen LogP contribution in [0, 0.1) is 11.3 Å². The second-order valence-electron chi connectivity index (χ2n) is 3.16. The Morgan fingerprint density at radius 2 is 1.81 bits per heavy atom. The summed E-state index contributed by atoms with van der Waals surface area (Å²) >= 11 is 0. The van der Waals surface area contributed by atoms with Crippen LogP contribution in [0.15, 0.2) is 53.7 Å². The van der Waals surface area contributed by atoms with Crippen LogP contribution in [0.2, 0.25) is 0 Å². The molecule has 0 N–H and O–H groups in total. The summed E-state index contributed by atoms with van der Waals surface area (Å²) in [6.07, 6.45) is 2.66. The van der Waals surface area contributed by atoms with Gasteiger partial charge in [0.2, 0.25) is 0 Å². The first kappa shape index (κ1) is 10.5. The van der Waals surface area contributed by atoms with Crippen molar-refractivity contribution in [1.82, 2.24) is 3.97 Å². The fraction of sp³-hybridized carbons (Fsp3) is 0. The van der Waals surface area contributed by atoms with Gasteiger partial charge in [-0.05, 0) is 18.2 Å². The Balaban J connectivity index is 2.53. The topological polar surface area (TPSA) is 62.9 Å². The molecular formula is C11H8N2O2S. The number of benzene rings is 1. The van der Waals surface area contributed by atoms with Crippen LogP contribution in [0.1, 0.15) is 5.56 Å². The molecule has 2 aromatic rings. The zero-order valence-corrected chi connectivity index (χ0v) is 9.05. The molecule has 0 aliphatic rings. The van der Waals surface area contributed by atoms with E-state index in [-0.39, 0.29) is 4.90 Å². The molecule has 4 nitrogen and oxygen atoms in total. The number of aromatic nitrogens is 1. The Labute approximate surface area is 93.4 Å². The molecule has 0 saturated heterocycles. The zero-order valence-electron chi connectivity index (χ0n) is 8.24. The summed E-state index contributed by atoms with van der Waals surface area (Å²) < 4.78 is 25.1. The highest BCUT2D eigenvalue weighted by Crippen LogP contribution is 2.14. The van der Waals surface area contributed by atoms with Crippen molar-refractivity contribution in [2.75, 3.05) is 0 Å². The van der Waals surface area contributed by atoms with Gasteiger partial charge in [-0.3, -0.25) is 0 Å². The van der Waals surface area contributed by atoms with E-state index in [1.165, 1.54) is 30.6 Å².